The van der Waals surface area contributed by atoms with Crippen LogP contribution in [0.1, 0.15) is 41.7 Å². The fourth-order valence-corrected chi connectivity index (χ4v) is 4.25. The molecule has 1 aliphatic carbocycles. The maximum atomic E-state index is 12.1. The third-order valence-electron chi connectivity index (χ3n) is 5.96. The van der Waals surface area contributed by atoms with Gasteiger partial charge in [0.05, 0.1) is 47.8 Å². The zero-order valence-electron chi connectivity index (χ0n) is 15.9. The van der Waals surface area contributed by atoms with Gasteiger partial charge in [0, 0.05) is 31.5 Å². The molecule has 3 heterocycles. The first kappa shape index (κ1) is 18.7. The summed E-state index contributed by atoms with van der Waals surface area (Å²) in [5, 5.41) is 12.8. The highest BCUT2D eigenvalue weighted by Crippen LogP contribution is 2.39. The number of nitriles is 1. The van der Waals surface area contributed by atoms with Gasteiger partial charge in [-0.25, -0.2) is 0 Å². The minimum absolute atomic E-state index is 0.184. The predicted molar refractivity (Wildman–Crippen MR) is 105 cm³/mol. The summed E-state index contributed by atoms with van der Waals surface area (Å²) in [5.74, 6) is -0.184. The quantitative estimate of drug-likeness (QED) is 0.852. The van der Waals surface area contributed by atoms with Crippen molar-refractivity contribution in [1.82, 2.24) is 14.9 Å². The highest BCUT2D eigenvalue weighted by atomic mass is 16.5. The Labute approximate surface area is 164 Å². The molecule has 0 aromatic carbocycles. The van der Waals surface area contributed by atoms with Crippen LogP contribution < -0.4 is 5.32 Å². The van der Waals surface area contributed by atoms with Gasteiger partial charge in [0.25, 0.3) is 5.91 Å². The summed E-state index contributed by atoms with van der Waals surface area (Å²) in [6.45, 7) is 3.57. The molecule has 1 aliphatic heterocycles. The molecule has 146 valence electrons. The second-order valence-corrected chi connectivity index (χ2v) is 7.56. The highest BCUT2D eigenvalue weighted by molar-refractivity contribution is 6.04. The summed E-state index contributed by atoms with van der Waals surface area (Å²) in [4.78, 5) is 22.0. The van der Waals surface area contributed by atoms with E-state index in [1.165, 1.54) is 0 Å². The number of morpholine rings is 1. The number of carbonyl (C=O) groups is 1. The number of amides is 1. The third kappa shape index (κ3) is 3.79. The van der Waals surface area contributed by atoms with Gasteiger partial charge in [-0.2, -0.15) is 5.26 Å². The Kier molecular flexibility index (Phi) is 5.42. The summed E-state index contributed by atoms with van der Waals surface area (Å²) >= 11 is 0. The van der Waals surface area contributed by atoms with Crippen molar-refractivity contribution in [2.45, 2.75) is 37.1 Å². The van der Waals surface area contributed by atoms with E-state index in [0.717, 1.165) is 57.7 Å². The molecule has 0 unspecified atom stereocenters. The standard InChI is InChI=1S/C21H25N5O2/c22-15-21(6-3-18(4-7-21)26-9-11-28-12-10-26)19-2-1-17(14-24-19)25-20(27)16-5-8-23-13-16/h1-2,5,8,13-14,18,23H,3-4,6-7,9-12H2,(H,25,27)/t18-,21-. The van der Waals surface area contributed by atoms with Crippen LogP contribution in [-0.2, 0) is 10.2 Å². The Morgan fingerprint density at radius 1 is 1.29 bits per heavy atom. The number of hydrogen-bond acceptors (Lipinski definition) is 5. The topological polar surface area (TPSA) is 94.0 Å². The van der Waals surface area contributed by atoms with E-state index in [-0.39, 0.29) is 5.91 Å². The third-order valence-corrected chi connectivity index (χ3v) is 5.96. The smallest absolute Gasteiger partial charge is 0.257 e. The maximum absolute atomic E-state index is 12.1. The second-order valence-electron chi connectivity index (χ2n) is 7.56. The minimum Gasteiger partial charge on any atom is -0.379 e. The van der Waals surface area contributed by atoms with Crippen LogP contribution in [0.15, 0.2) is 36.8 Å². The minimum atomic E-state index is -0.536. The lowest BCUT2D eigenvalue weighted by Crippen LogP contribution is -2.47. The van der Waals surface area contributed by atoms with Gasteiger partial charge in [-0.05, 0) is 43.9 Å². The molecule has 2 aromatic heterocycles. The van der Waals surface area contributed by atoms with Crippen molar-refractivity contribution in [2.75, 3.05) is 31.6 Å². The number of aromatic amines is 1. The first-order valence-corrected chi connectivity index (χ1v) is 9.84. The molecule has 1 saturated heterocycles. The first-order valence-electron chi connectivity index (χ1n) is 9.84. The maximum Gasteiger partial charge on any atom is 0.257 e. The zero-order valence-corrected chi connectivity index (χ0v) is 15.9. The molecule has 2 fully saturated rings. The van der Waals surface area contributed by atoms with Crippen LogP contribution >= 0.6 is 0 Å². The summed E-state index contributed by atoms with van der Waals surface area (Å²) in [6, 6.07) is 8.51. The average Bonchev–Trinajstić information content (AvgIpc) is 3.30. The molecule has 2 N–H and O–H groups in total. The summed E-state index contributed by atoms with van der Waals surface area (Å²) in [6.07, 6.45) is 8.63. The fraction of sp³-hybridized carbons (Fsp3) is 0.476. The number of rotatable bonds is 4. The number of ether oxygens (including phenoxy) is 1. The van der Waals surface area contributed by atoms with Crippen LogP contribution in [0.4, 0.5) is 5.69 Å². The number of aromatic nitrogens is 2. The Morgan fingerprint density at radius 2 is 2.07 bits per heavy atom. The van der Waals surface area contributed by atoms with E-state index >= 15 is 0 Å². The van der Waals surface area contributed by atoms with Crippen molar-refractivity contribution in [1.29, 1.82) is 5.26 Å². The molecule has 0 radical (unpaired) electrons. The number of pyridine rings is 1. The Balaban J connectivity index is 1.41. The second kappa shape index (κ2) is 8.13. The monoisotopic (exact) mass is 379 g/mol. The normalized spacial score (nSPS) is 25.8. The van der Waals surface area contributed by atoms with Crippen molar-refractivity contribution >= 4 is 11.6 Å². The van der Waals surface area contributed by atoms with E-state index in [4.69, 9.17) is 4.74 Å². The van der Waals surface area contributed by atoms with Crippen molar-refractivity contribution in [2.24, 2.45) is 0 Å². The number of anilines is 1. The van der Waals surface area contributed by atoms with E-state index in [0.29, 0.717) is 17.3 Å². The van der Waals surface area contributed by atoms with Gasteiger partial charge < -0.3 is 15.0 Å². The van der Waals surface area contributed by atoms with Crippen LogP contribution in [0.3, 0.4) is 0 Å². The van der Waals surface area contributed by atoms with Crippen LogP contribution in [0.5, 0.6) is 0 Å². The van der Waals surface area contributed by atoms with Crippen LogP contribution in [0, 0.1) is 11.3 Å². The molecule has 2 aromatic rings. The molecule has 0 bridgehead atoms. The lowest BCUT2D eigenvalue weighted by Gasteiger charge is -2.41. The molecular weight excluding hydrogens is 354 g/mol. The van der Waals surface area contributed by atoms with Gasteiger partial charge >= 0.3 is 0 Å². The predicted octanol–water partition coefficient (Wildman–Crippen LogP) is 2.70. The molecule has 7 nitrogen and oxygen atoms in total. The summed E-state index contributed by atoms with van der Waals surface area (Å²) < 4.78 is 5.45. The van der Waals surface area contributed by atoms with E-state index in [9.17, 15) is 10.1 Å². The van der Waals surface area contributed by atoms with Crippen LogP contribution in [0.25, 0.3) is 0 Å². The Morgan fingerprint density at radius 3 is 2.68 bits per heavy atom. The molecule has 4 rings (SSSR count). The molecule has 2 aliphatic rings. The SMILES string of the molecule is N#C[C@]1(c2ccc(NC(=O)c3cc[nH]c3)cn2)CC[C@H](N2CCOCC2)CC1. The van der Waals surface area contributed by atoms with Gasteiger partial charge in [0.2, 0.25) is 0 Å². The Hall–Kier alpha value is -2.69. The van der Waals surface area contributed by atoms with Crippen molar-refractivity contribution in [3.8, 4) is 6.07 Å². The lowest BCUT2D eigenvalue weighted by molar-refractivity contribution is 0.00493. The van der Waals surface area contributed by atoms with Gasteiger partial charge in [-0.3, -0.25) is 14.7 Å². The number of nitrogens with zero attached hydrogens (tertiary/aromatic N) is 3. The number of nitrogens with one attached hydrogen (secondary N) is 2. The summed E-state index contributed by atoms with van der Waals surface area (Å²) in [5.41, 5.74) is 1.46. The number of H-pyrrole nitrogens is 1. The van der Waals surface area contributed by atoms with Crippen LogP contribution in [-0.4, -0.2) is 53.1 Å². The highest BCUT2D eigenvalue weighted by Gasteiger charge is 2.40. The van der Waals surface area contributed by atoms with Gasteiger partial charge in [0.1, 0.15) is 0 Å². The molecule has 0 spiro atoms. The zero-order chi connectivity index (χ0) is 19.4. The molecule has 0 atom stereocenters. The molecular formula is C21H25N5O2. The molecule has 1 amide bonds. The lowest BCUT2D eigenvalue weighted by atomic mass is 9.71. The van der Waals surface area contributed by atoms with Crippen molar-refractivity contribution < 1.29 is 9.53 Å². The molecule has 7 heteroatoms. The number of hydrogen-bond donors (Lipinski definition) is 2. The van der Waals surface area contributed by atoms with Gasteiger partial charge in [-0.1, -0.05) is 0 Å². The Bertz CT molecular complexity index is 827. The van der Waals surface area contributed by atoms with Crippen molar-refractivity contribution in [3.05, 3.63) is 48.0 Å². The van der Waals surface area contributed by atoms with E-state index in [1.54, 1.807) is 24.7 Å². The first-order chi connectivity index (χ1) is 13.7. The number of carbonyl (C=O) groups excluding carboxylic acids is 1. The van der Waals surface area contributed by atoms with E-state index in [1.807, 2.05) is 12.1 Å². The van der Waals surface area contributed by atoms with Crippen LogP contribution in [0.2, 0.25) is 0 Å². The van der Waals surface area contributed by atoms with Gasteiger partial charge in [0.15, 0.2) is 0 Å². The fourth-order valence-electron chi connectivity index (χ4n) is 4.25. The summed E-state index contributed by atoms with van der Waals surface area (Å²) in [7, 11) is 0. The van der Waals surface area contributed by atoms with E-state index in [2.05, 4.69) is 26.3 Å². The molecule has 28 heavy (non-hydrogen) atoms. The van der Waals surface area contributed by atoms with E-state index < -0.39 is 5.41 Å². The molecule has 1 saturated carbocycles. The van der Waals surface area contributed by atoms with Crippen molar-refractivity contribution in [3.63, 3.8) is 0 Å². The largest absolute Gasteiger partial charge is 0.379 e. The van der Waals surface area contributed by atoms with Gasteiger partial charge in [-0.15, -0.1) is 0 Å². The average molecular weight is 379 g/mol.